The van der Waals surface area contributed by atoms with Crippen molar-refractivity contribution in [2.45, 2.75) is 25.9 Å². The van der Waals surface area contributed by atoms with E-state index < -0.39 is 0 Å². The maximum atomic E-state index is 6.53. The van der Waals surface area contributed by atoms with Crippen LogP contribution in [-0.4, -0.2) is 28.9 Å². The number of methoxy groups -OCH3 is 2. The number of nitrogens with zero attached hydrogens (tertiary/aromatic N) is 3. The molecule has 0 amide bonds. The average molecular weight is 519 g/mol. The molecule has 0 radical (unpaired) electrons. The van der Waals surface area contributed by atoms with E-state index in [0.717, 1.165) is 39.8 Å². The predicted octanol–water partition coefficient (Wildman–Crippen LogP) is 6.34. The molecule has 6 nitrogen and oxygen atoms in total. The maximum absolute atomic E-state index is 6.53. The van der Waals surface area contributed by atoms with Crippen LogP contribution in [0.15, 0.2) is 72.9 Å². The number of aryl methyl sites for hydroxylation is 1. The Kier molecular flexibility index (Phi) is 6.60. The SMILES string of the molecule is COc1cccc(-n2c(C)cc(C3C(c4ccccn4)NC(=S)N3c3ccc(OC)c(Cl)c3)c2C)c1. The van der Waals surface area contributed by atoms with Gasteiger partial charge in [0, 0.05) is 35.0 Å². The van der Waals surface area contributed by atoms with Crippen molar-refractivity contribution in [3.05, 3.63) is 101 Å². The summed E-state index contributed by atoms with van der Waals surface area (Å²) >= 11 is 12.4. The van der Waals surface area contributed by atoms with Gasteiger partial charge in [0.2, 0.25) is 0 Å². The molecule has 1 fully saturated rings. The summed E-state index contributed by atoms with van der Waals surface area (Å²) in [4.78, 5) is 6.79. The lowest BCUT2D eigenvalue weighted by atomic mass is 9.96. The number of pyridine rings is 1. The number of nitrogens with one attached hydrogen (secondary N) is 1. The van der Waals surface area contributed by atoms with Crippen LogP contribution >= 0.6 is 23.8 Å². The summed E-state index contributed by atoms with van der Waals surface area (Å²) in [6, 6.07) is 21.7. The summed E-state index contributed by atoms with van der Waals surface area (Å²) in [5.74, 6) is 1.43. The van der Waals surface area contributed by atoms with Crippen molar-refractivity contribution in [3.8, 4) is 17.2 Å². The number of anilines is 1. The lowest BCUT2D eigenvalue weighted by molar-refractivity contribution is 0.414. The molecule has 2 unspecified atom stereocenters. The van der Waals surface area contributed by atoms with E-state index in [1.54, 1.807) is 14.2 Å². The topological polar surface area (TPSA) is 51.5 Å². The lowest BCUT2D eigenvalue weighted by Crippen LogP contribution is -2.29. The van der Waals surface area contributed by atoms with Crippen LogP contribution in [0.4, 0.5) is 5.69 Å². The van der Waals surface area contributed by atoms with Gasteiger partial charge >= 0.3 is 0 Å². The van der Waals surface area contributed by atoms with E-state index in [-0.39, 0.29) is 12.1 Å². The van der Waals surface area contributed by atoms with Gasteiger partial charge in [0.1, 0.15) is 11.5 Å². The van der Waals surface area contributed by atoms with Crippen LogP contribution < -0.4 is 19.7 Å². The number of thiocarbonyl (C=S) groups is 1. The van der Waals surface area contributed by atoms with Crippen molar-refractivity contribution in [2.24, 2.45) is 0 Å². The van der Waals surface area contributed by atoms with Gasteiger partial charge < -0.3 is 24.3 Å². The van der Waals surface area contributed by atoms with Crippen molar-refractivity contribution in [2.75, 3.05) is 19.1 Å². The summed E-state index contributed by atoms with van der Waals surface area (Å²) in [6.45, 7) is 4.25. The minimum absolute atomic E-state index is 0.151. The molecule has 184 valence electrons. The predicted molar refractivity (Wildman–Crippen MR) is 148 cm³/mol. The van der Waals surface area contributed by atoms with Gasteiger partial charge in [-0.1, -0.05) is 23.7 Å². The highest BCUT2D eigenvalue weighted by Crippen LogP contribution is 2.45. The molecule has 36 heavy (non-hydrogen) atoms. The van der Waals surface area contributed by atoms with Crippen molar-refractivity contribution < 1.29 is 9.47 Å². The van der Waals surface area contributed by atoms with Crippen molar-refractivity contribution >= 4 is 34.6 Å². The molecule has 1 aliphatic heterocycles. The number of rotatable bonds is 6. The fraction of sp³-hybridized carbons (Fsp3) is 0.214. The number of ether oxygens (including phenoxy) is 2. The third-order valence-corrected chi connectivity index (χ3v) is 7.22. The first-order valence-corrected chi connectivity index (χ1v) is 12.4. The number of benzene rings is 2. The normalized spacial score (nSPS) is 17.2. The van der Waals surface area contributed by atoms with Crippen LogP contribution in [0.5, 0.6) is 11.5 Å². The Morgan fingerprint density at radius 2 is 1.78 bits per heavy atom. The third-order valence-electron chi connectivity index (χ3n) is 6.61. The van der Waals surface area contributed by atoms with E-state index in [2.05, 4.69) is 45.7 Å². The molecule has 2 atom stereocenters. The molecule has 5 rings (SSSR count). The number of halogens is 1. The van der Waals surface area contributed by atoms with Gasteiger partial charge in [-0.15, -0.1) is 0 Å². The van der Waals surface area contributed by atoms with Crippen molar-refractivity contribution in [1.82, 2.24) is 14.9 Å². The Balaban J connectivity index is 1.67. The molecule has 3 heterocycles. The number of hydrogen-bond donors (Lipinski definition) is 1. The maximum Gasteiger partial charge on any atom is 0.174 e. The minimum Gasteiger partial charge on any atom is -0.497 e. The molecule has 4 aromatic rings. The average Bonchev–Trinajstić information content (AvgIpc) is 3.39. The highest BCUT2D eigenvalue weighted by Gasteiger charge is 2.42. The molecule has 0 aliphatic carbocycles. The molecule has 2 aromatic heterocycles. The monoisotopic (exact) mass is 518 g/mol. The first kappa shape index (κ1) is 24.2. The summed E-state index contributed by atoms with van der Waals surface area (Å²) in [5.41, 5.74) is 6.21. The second-order valence-electron chi connectivity index (χ2n) is 8.68. The zero-order valence-corrected chi connectivity index (χ0v) is 22.1. The largest absolute Gasteiger partial charge is 0.497 e. The fourth-order valence-electron chi connectivity index (χ4n) is 4.99. The van der Waals surface area contributed by atoms with Gasteiger partial charge in [-0.2, -0.15) is 0 Å². The van der Waals surface area contributed by atoms with E-state index in [1.165, 1.54) is 0 Å². The van der Waals surface area contributed by atoms with Gasteiger partial charge in [-0.05, 0) is 80.2 Å². The second-order valence-corrected chi connectivity index (χ2v) is 9.47. The zero-order chi connectivity index (χ0) is 25.4. The van der Waals surface area contributed by atoms with Gasteiger partial charge in [0.25, 0.3) is 0 Å². The van der Waals surface area contributed by atoms with Gasteiger partial charge in [-0.25, -0.2) is 0 Å². The molecule has 0 spiro atoms. The second kappa shape index (κ2) is 9.84. The quantitative estimate of drug-likeness (QED) is 0.301. The van der Waals surface area contributed by atoms with Crippen LogP contribution in [0.25, 0.3) is 5.69 Å². The molecule has 2 aromatic carbocycles. The van der Waals surface area contributed by atoms with Crippen LogP contribution in [0.1, 0.15) is 34.7 Å². The fourth-order valence-corrected chi connectivity index (χ4v) is 5.59. The van der Waals surface area contributed by atoms with Crippen LogP contribution in [-0.2, 0) is 0 Å². The highest BCUT2D eigenvalue weighted by molar-refractivity contribution is 7.80. The Bertz CT molecular complexity index is 1420. The van der Waals surface area contributed by atoms with Crippen LogP contribution in [0, 0.1) is 13.8 Å². The smallest absolute Gasteiger partial charge is 0.174 e. The Morgan fingerprint density at radius 1 is 0.944 bits per heavy atom. The van der Waals surface area contributed by atoms with Gasteiger partial charge in [0.15, 0.2) is 5.11 Å². The summed E-state index contributed by atoms with van der Waals surface area (Å²) in [5, 5.41) is 4.66. The molecule has 1 saturated heterocycles. The number of hydrogen-bond acceptors (Lipinski definition) is 4. The molecule has 1 aliphatic rings. The molecular weight excluding hydrogens is 492 g/mol. The molecule has 0 saturated carbocycles. The Labute approximate surface area is 221 Å². The summed E-state index contributed by atoms with van der Waals surface area (Å²) in [6.07, 6.45) is 1.81. The van der Waals surface area contributed by atoms with Crippen LogP contribution in [0.2, 0.25) is 5.02 Å². The van der Waals surface area contributed by atoms with E-state index in [4.69, 9.17) is 33.3 Å². The molecular formula is C28H27ClN4O2S. The first-order valence-electron chi connectivity index (χ1n) is 11.6. The lowest BCUT2D eigenvalue weighted by Gasteiger charge is -2.28. The van der Waals surface area contributed by atoms with Gasteiger partial charge in [0.05, 0.1) is 37.0 Å². The first-order chi connectivity index (χ1) is 17.4. The number of aromatic nitrogens is 2. The Morgan fingerprint density at radius 3 is 2.47 bits per heavy atom. The zero-order valence-electron chi connectivity index (χ0n) is 20.5. The Hall–Kier alpha value is -3.55. The van der Waals surface area contributed by atoms with Crippen molar-refractivity contribution in [3.63, 3.8) is 0 Å². The summed E-state index contributed by atoms with van der Waals surface area (Å²) in [7, 11) is 3.29. The van der Waals surface area contributed by atoms with E-state index in [9.17, 15) is 0 Å². The molecule has 8 heteroatoms. The van der Waals surface area contributed by atoms with E-state index in [1.807, 2.05) is 60.8 Å². The standard InChI is InChI=1S/C28H27ClN4O2S/c1-17-14-22(18(2)32(17)19-8-7-9-21(15-19)34-3)27-26(24-10-5-6-13-30-24)31-28(36)33(27)20-11-12-25(35-4)23(29)16-20/h5-16,26-27H,1-4H3,(H,31,36). The van der Waals surface area contributed by atoms with E-state index >= 15 is 0 Å². The third kappa shape index (κ3) is 4.18. The van der Waals surface area contributed by atoms with Gasteiger partial charge in [-0.3, -0.25) is 4.98 Å². The highest BCUT2D eigenvalue weighted by atomic mass is 35.5. The van der Waals surface area contributed by atoms with E-state index in [0.29, 0.717) is 15.9 Å². The van der Waals surface area contributed by atoms with Crippen LogP contribution in [0.3, 0.4) is 0 Å². The molecule has 0 bridgehead atoms. The summed E-state index contributed by atoms with van der Waals surface area (Å²) < 4.78 is 13.1. The molecule has 1 N–H and O–H groups in total. The van der Waals surface area contributed by atoms with Crippen molar-refractivity contribution in [1.29, 1.82) is 0 Å². The minimum atomic E-state index is -0.154.